The number of hydrogen-bond donors (Lipinski definition) is 0. The van der Waals surface area contributed by atoms with Crippen molar-refractivity contribution >= 4 is 23.2 Å². The van der Waals surface area contributed by atoms with Crippen LogP contribution in [0, 0.1) is 0 Å². The zero-order valence-electron chi connectivity index (χ0n) is 2.82. The Morgan fingerprint density at radius 2 is 1.50 bits per heavy atom. The van der Waals surface area contributed by atoms with Crippen LogP contribution < -0.4 is 0 Å². The predicted molar refractivity (Wildman–Crippen MR) is 25.2 cm³/mol. The summed E-state index contributed by atoms with van der Waals surface area (Å²) < 4.78 is 0. The van der Waals surface area contributed by atoms with E-state index in [-0.39, 0.29) is 0 Å². The van der Waals surface area contributed by atoms with Gasteiger partial charge in [-0.05, 0) is 0 Å². The Balaban J connectivity index is 2.80. The third kappa shape index (κ3) is 13.3. The van der Waals surface area contributed by atoms with E-state index in [4.69, 9.17) is 0 Å². The zero-order valence-corrected chi connectivity index (χ0v) is 5.35. The fourth-order valence-electron chi connectivity index (χ4n) is 0. The van der Waals surface area contributed by atoms with E-state index in [1.807, 2.05) is 0 Å². The van der Waals surface area contributed by atoms with Gasteiger partial charge in [0.15, 0.2) is 0 Å². The predicted octanol–water partition coefficient (Wildman–Crippen LogP) is 0.598. The molecule has 0 rings (SSSR count). The van der Waals surface area contributed by atoms with Gasteiger partial charge in [-0.2, -0.15) is 0 Å². The molecule has 0 bridgehead atoms. The molecule has 26 valence electrons. The molecule has 0 heterocycles. The van der Waals surface area contributed by atoms with Crippen LogP contribution in [0.25, 0.3) is 0 Å². The van der Waals surface area contributed by atoms with Crippen molar-refractivity contribution < 1.29 is 0 Å². The van der Waals surface area contributed by atoms with Crippen molar-refractivity contribution in [3.8, 4) is 0 Å². The topological polar surface area (TPSA) is 0 Å². The Labute approximate surface area is 36.2 Å². The Morgan fingerprint density at radius 3 is 1.50 bits per heavy atom. The average Bonchev–Trinajstić information content (AvgIpc) is 0.811. The van der Waals surface area contributed by atoms with E-state index in [0.717, 1.165) is 0 Å². The molecule has 0 atom stereocenters. The molecule has 2 heteroatoms. The first-order valence-electron chi connectivity index (χ1n) is 0.983. The van der Waals surface area contributed by atoms with Crippen LogP contribution in [0.15, 0.2) is 0 Å². The Bertz CT molecular complexity index is 29.0. The molecule has 0 saturated carbocycles. The maximum atomic E-state index is 2.93. The van der Waals surface area contributed by atoms with Crippen LogP contribution in [0.2, 0.25) is 0 Å². The summed E-state index contributed by atoms with van der Waals surface area (Å²) in [6.07, 6.45) is 4.28. The Kier molecular flexibility index (Phi) is 2.59. The van der Waals surface area contributed by atoms with Gasteiger partial charge in [-0.3, -0.25) is 0 Å². The van der Waals surface area contributed by atoms with Crippen LogP contribution in [-0.2, 0) is 0 Å². The van der Waals surface area contributed by atoms with Crippen LogP contribution in [0.4, 0.5) is 0 Å². The molecule has 0 aliphatic rings. The summed E-state index contributed by atoms with van der Waals surface area (Å²) in [6.45, 7) is 0. The van der Waals surface area contributed by atoms with Gasteiger partial charge in [0.1, 0.15) is 0 Å². The second kappa shape index (κ2) is 2.13. The second-order valence-electron chi connectivity index (χ2n) is 0.742. The maximum absolute atomic E-state index is 2.93. The monoisotopic (exact) mass is 142 g/mol. The van der Waals surface area contributed by atoms with Gasteiger partial charge in [-0.15, -0.1) is 0 Å². The van der Waals surface area contributed by atoms with Crippen molar-refractivity contribution in [3.05, 3.63) is 0 Å². The van der Waals surface area contributed by atoms with E-state index in [1.165, 1.54) is 0 Å². The van der Waals surface area contributed by atoms with Gasteiger partial charge in [-0.25, -0.2) is 0 Å². The Morgan fingerprint density at radius 1 is 1.50 bits per heavy atom. The molecule has 4 heavy (non-hydrogen) atoms. The van der Waals surface area contributed by atoms with Crippen LogP contribution in [-0.4, -0.2) is 26.9 Å². The van der Waals surface area contributed by atoms with Gasteiger partial charge < -0.3 is 0 Å². The molecule has 0 aromatic rings. The molecular formula is C2H6SSe. The normalized spacial score (nSPS) is 8.75. The second-order valence-corrected chi connectivity index (χ2v) is 6.42. The van der Waals surface area contributed by atoms with E-state index in [2.05, 4.69) is 26.9 Å². The van der Waals surface area contributed by atoms with Crippen LogP contribution in [0.5, 0.6) is 0 Å². The van der Waals surface area contributed by atoms with Crippen LogP contribution in [0.1, 0.15) is 0 Å². The molecular weight excluding hydrogens is 135 g/mol. The molecule has 0 aliphatic heterocycles. The van der Waals surface area contributed by atoms with Gasteiger partial charge in [0.25, 0.3) is 0 Å². The SMILES string of the molecule is CS(C)=[Se]. The third-order valence-electron chi connectivity index (χ3n) is 0. The quantitative estimate of drug-likeness (QED) is 0.433. The molecule has 0 N–H and O–H groups in total. The number of hydrogen-bond acceptors (Lipinski definition) is 0. The summed E-state index contributed by atoms with van der Waals surface area (Å²) in [5.74, 6) is 0. The molecule has 0 fully saturated rings. The van der Waals surface area contributed by atoms with Gasteiger partial charge in [0.2, 0.25) is 0 Å². The first-order chi connectivity index (χ1) is 1.73. The molecule has 0 aromatic carbocycles. The van der Waals surface area contributed by atoms with E-state index in [9.17, 15) is 0 Å². The summed E-state index contributed by atoms with van der Waals surface area (Å²) in [7, 11) is 0.514. The summed E-state index contributed by atoms with van der Waals surface area (Å²) in [5.41, 5.74) is 0. The van der Waals surface area contributed by atoms with Crippen LogP contribution >= 0.6 is 8.82 Å². The number of rotatable bonds is 0. The van der Waals surface area contributed by atoms with E-state index in [0.29, 0.717) is 8.82 Å². The molecule has 0 nitrogen and oxygen atoms in total. The van der Waals surface area contributed by atoms with Crippen LogP contribution in [0.3, 0.4) is 0 Å². The standard InChI is InChI=1S/C2H6SSe/c1-3(2)4/h1-2H3. The summed E-state index contributed by atoms with van der Waals surface area (Å²) in [4.78, 5) is 0. The summed E-state index contributed by atoms with van der Waals surface area (Å²) in [5, 5.41) is 0. The van der Waals surface area contributed by atoms with Crippen molar-refractivity contribution in [2.45, 2.75) is 0 Å². The average molecular weight is 141 g/mol. The fraction of sp³-hybridized carbons (Fsp3) is 1.00. The van der Waals surface area contributed by atoms with E-state index in [1.54, 1.807) is 0 Å². The van der Waals surface area contributed by atoms with Crippen molar-refractivity contribution in [2.75, 3.05) is 12.5 Å². The molecule has 0 spiro atoms. The van der Waals surface area contributed by atoms with E-state index >= 15 is 0 Å². The van der Waals surface area contributed by atoms with Gasteiger partial charge in [-0.1, -0.05) is 0 Å². The minimum absolute atomic E-state index is 0.514. The third-order valence-corrected chi connectivity index (χ3v) is 0. The molecule has 0 aliphatic carbocycles. The van der Waals surface area contributed by atoms with Crippen molar-refractivity contribution in [1.29, 1.82) is 0 Å². The first-order valence-corrected chi connectivity index (χ1v) is 5.05. The molecule has 0 unspecified atom stereocenters. The first kappa shape index (κ1) is 4.87. The summed E-state index contributed by atoms with van der Waals surface area (Å²) >= 11 is 2.93. The molecule has 0 aromatic heterocycles. The fourth-order valence-corrected chi connectivity index (χ4v) is 0. The minimum atomic E-state index is 0.514. The molecule has 0 amide bonds. The zero-order chi connectivity index (χ0) is 3.58. The van der Waals surface area contributed by atoms with Gasteiger partial charge in [0.05, 0.1) is 0 Å². The van der Waals surface area contributed by atoms with E-state index < -0.39 is 0 Å². The van der Waals surface area contributed by atoms with Crippen molar-refractivity contribution in [3.63, 3.8) is 0 Å². The van der Waals surface area contributed by atoms with Crippen molar-refractivity contribution in [1.82, 2.24) is 0 Å². The molecule has 0 radical (unpaired) electrons. The van der Waals surface area contributed by atoms with Gasteiger partial charge in [0, 0.05) is 0 Å². The van der Waals surface area contributed by atoms with Gasteiger partial charge >= 0.3 is 35.7 Å². The Hall–Kier alpha value is 0.869. The summed E-state index contributed by atoms with van der Waals surface area (Å²) in [6, 6.07) is 0. The molecule has 0 saturated heterocycles. The van der Waals surface area contributed by atoms with Crippen molar-refractivity contribution in [2.24, 2.45) is 0 Å².